The normalized spacial score (nSPS) is 10.6. The average Bonchev–Trinajstić information content (AvgIpc) is 3.29. The summed E-state index contributed by atoms with van der Waals surface area (Å²) in [6.45, 7) is 0.668. The Morgan fingerprint density at radius 2 is 1.81 bits per heavy atom. The molecule has 4 rings (SSSR count). The first kappa shape index (κ1) is 15.7. The van der Waals surface area contributed by atoms with E-state index in [-0.39, 0.29) is 0 Å². The molecule has 0 spiro atoms. The Balaban J connectivity index is 1.60. The van der Waals surface area contributed by atoms with E-state index >= 15 is 0 Å². The molecule has 126 valence electrons. The van der Waals surface area contributed by atoms with Gasteiger partial charge in [0.25, 0.3) is 0 Å². The molecular weight excluding hydrogens is 326 g/mol. The lowest BCUT2D eigenvalue weighted by Crippen LogP contribution is -2.33. The number of rotatable bonds is 4. The van der Waals surface area contributed by atoms with Gasteiger partial charge in [0.2, 0.25) is 5.69 Å². The summed E-state index contributed by atoms with van der Waals surface area (Å²) in [6, 6.07) is 19.5. The van der Waals surface area contributed by atoms with Crippen LogP contribution in [-0.2, 0) is 13.6 Å². The lowest BCUT2D eigenvalue weighted by molar-refractivity contribution is -0.721. The Morgan fingerprint density at radius 1 is 1.04 bits per heavy atom. The van der Waals surface area contributed by atoms with Gasteiger partial charge in [0.1, 0.15) is 7.05 Å². The summed E-state index contributed by atoms with van der Waals surface area (Å²) >= 11 is 0. The zero-order valence-electron chi connectivity index (χ0n) is 14.2. The number of aryl methyl sites for hydroxylation is 1. The van der Waals surface area contributed by atoms with Gasteiger partial charge in [-0.1, -0.05) is 35.5 Å². The Kier molecular flexibility index (Phi) is 4.00. The Hall–Kier alpha value is -3.79. The van der Waals surface area contributed by atoms with Gasteiger partial charge < -0.3 is 0 Å². The summed E-state index contributed by atoms with van der Waals surface area (Å²) < 4.78 is 5.32. The van der Waals surface area contributed by atoms with Crippen molar-refractivity contribution in [3.63, 3.8) is 0 Å². The summed E-state index contributed by atoms with van der Waals surface area (Å²) in [4.78, 5) is 0. The third kappa shape index (κ3) is 3.08. The molecule has 0 aliphatic heterocycles. The maximum absolute atomic E-state index is 8.91. The molecule has 7 nitrogen and oxygen atoms in total. The highest BCUT2D eigenvalue weighted by Gasteiger charge is 2.19. The fourth-order valence-corrected chi connectivity index (χ4v) is 2.73. The fourth-order valence-electron chi connectivity index (χ4n) is 2.73. The van der Waals surface area contributed by atoms with Gasteiger partial charge in [-0.2, -0.15) is 5.26 Å². The second-order valence-corrected chi connectivity index (χ2v) is 5.92. The van der Waals surface area contributed by atoms with Crippen molar-refractivity contribution in [2.45, 2.75) is 6.54 Å². The van der Waals surface area contributed by atoms with Crippen LogP contribution in [0.4, 0.5) is 0 Å². The zero-order valence-corrected chi connectivity index (χ0v) is 14.2. The van der Waals surface area contributed by atoms with E-state index in [2.05, 4.69) is 33.7 Å². The molecule has 0 saturated heterocycles. The maximum Gasteiger partial charge on any atom is 0.219 e. The van der Waals surface area contributed by atoms with Crippen LogP contribution in [-0.4, -0.2) is 24.9 Å². The molecule has 0 radical (unpaired) electrons. The minimum atomic E-state index is 0.620. The minimum absolute atomic E-state index is 0.620. The van der Waals surface area contributed by atoms with Gasteiger partial charge >= 0.3 is 0 Å². The van der Waals surface area contributed by atoms with Crippen molar-refractivity contribution in [1.82, 2.24) is 24.9 Å². The van der Waals surface area contributed by atoms with Gasteiger partial charge in [-0.3, -0.25) is 0 Å². The molecule has 0 aliphatic carbocycles. The summed E-state index contributed by atoms with van der Waals surface area (Å²) in [7, 11) is 1.87. The number of hydrogen-bond donors (Lipinski definition) is 0. The molecule has 0 N–H and O–H groups in total. The average molecular weight is 342 g/mol. The highest BCUT2D eigenvalue weighted by atomic mass is 15.5. The highest BCUT2D eigenvalue weighted by Crippen LogP contribution is 2.14. The fraction of sp³-hybridized carbons (Fsp3) is 0.105. The van der Waals surface area contributed by atoms with Crippen LogP contribution in [0.1, 0.15) is 11.1 Å². The molecular formula is C19H16N7+. The number of aromatic nitrogens is 6. The van der Waals surface area contributed by atoms with E-state index in [1.54, 1.807) is 21.5 Å². The van der Waals surface area contributed by atoms with Gasteiger partial charge in [0.05, 0.1) is 29.6 Å². The maximum atomic E-state index is 8.91. The van der Waals surface area contributed by atoms with Crippen LogP contribution in [0.15, 0.2) is 67.0 Å². The van der Waals surface area contributed by atoms with E-state index in [4.69, 9.17) is 5.26 Å². The monoisotopic (exact) mass is 342 g/mol. The molecule has 26 heavy (non-hydrogen) atoms. The molecule has 0 saturated carbocycles. The molecule has 0 bridgehead atoms. The Labute approximate surface area is 150 Å². The predicted octanol–water partition coefficient (Wildman–Crippen LogP) is 1.88. The number of nitriles is 1. The van der Waals surface area contributed by atoms with Gasteiger partial charge in [0.15, 0.2) is 17.6 Å². The van der Waals surface area contributed by atoms with E-state index in [9.17, 15) is 0 Å². The molecule has 2 aromatic heterocycles. The van der Waals surface area contributed by atoms with Crippen LogP contribution >= 0.6 is 0 Å². The first-order chi connectivity index (χ1) is 12.7. The summed E-state index contributed by atoms with van der Waals surface area (Å²) in [5.74, 6) is 0. The van der Waals surface area contributed by atoms with Crippen molar-refractivity contribution >= 4 is 0 Å². The molecule has 2 heterocycles. The van der Waals surface area contributed by atoms with Gasteiger partial charge in [-0.25, -0.2) is 4.68 Å². The molecule has 2 aromatic carbocycles. The topological polar surface area (TPSA) is 76.2 Å². The van der Waals surface area contributed by atoms with Crippen LogP contribution < -0.4 is 4.68 Å². The van der Waals surface area contributed by atoms with Gasteiger partial charge in [0, 0.05) is 0 Å². The number of hydrogen-bond acceptors (Lipinski definition) is 4. The number of nitrogens with zero attached hydrogens (tertiary/aromatic N) is 7. The zero-order chi connectivity index (χ0) is 17.9. The SMILES string of the molecule is C[n+]1nn(-c2ccc(C#N)cc2)cc1-c1cn(Cc2ccccc2)nn1. The van der Waals surface area contributed by atoms with Crippen LogP contribution in [0, 0.1) is 11.3 Å². The standard InChI is InChI=1S/C19H16N7/c1-24-19(14-26(23-24)17-9-7-15(11-20)8-10-17)18-13-25(22-21-18)12-16-5-3-2-4-6-16/h2-10,13-14H,12H2,1H3/q+1. The predicted molar refractivity (Wildman–Crippen MR) is 94.0 cm³/mol. The van der Waals surface area contributed by atoms with Gasteiger partial charge in [-0.05, 0) is 29.8 Å². The molecule has 0 unspecified atom stereocenters. The smallest absolute Gasteiger partial charge is 0.219 e. The largest absolute Gasteiger partial charge is 0.247 e. The molecule has 0 fully saturated rings. The lowest BCUT2D eigenvalue weighted by Gasteiger charge is -1.98. The molecule has 4 aromatic rings. The Morgan fingerprint density at radius 3 is 2.54 bits per heavy atom. The first-order valence-electron chi connectivity index (χ1n) is 8.14. The number of benzene rings is 2. The van der Waals surface area contributed by atoms with Crippen LogP contribution in [0.2, 0.25) is 0 Å². The second kappa shape index (κ2) is 6.61. The van der Waals surface area contributed by atoms with Crippen molar-refractivity contribution in [3.8, 4) is 23.1 Å². The van der Waals surface area contributed by atoms with E-state index < -0.39 is 0 Å². The quantitative estimate of drug-likeness (QED) is 0.531. The molecule has 0 amide bonds. The highest BCUT2D eigenvalue weighted by molar-refractivity contribution is 5.48. The third-order valence-electron chi connectivity index (χ3n) is 4.07. The van der Waals surface area contributed by atoms with E-state index in [1.807, 2.05) is 54.5 Å². The van der Waals surface area contributed by atoms with E-state index in [0.29, 0.717) is 12.1 Å². The summed E-state index contributed by atoms with van der Waals surface area (Å²) in [5, 5.41) is 21.9. The first-order valence-corrected chi connectivity index (χ1v) is 8.14. The van der Waals surface area contributed by atoms with Crippen LogP contribution in [0.3, 0.4) is 0 Å². The van der Waals surface area contributed by atoms with Crippen molar-refractivity contribution in [2.75, 3.05) is 0 Å². The molecule has 0 atom stereocenters. The van der Waals surface area contributed by atoms with Crippen LogP contribution in [0.5, 0.6) is 0 Å². The van der Waals surface area contributed by atoms with Crippen molar-refractivity contribution in [1.29, 1.82) is 5.26 Å². The summed E-state index contributed by atoms with van der Waals surface area (Å²) in [6.07, 6.45) is 3.81. The van der Waals surface area contributed by atoms with Gasteiger partial charge in [-0.15, -0.1) is 14.5 Å². The molecule has 0 aliphatic rings. The van der Waals surface area contributed by atoms with E-state index in [0.717, 1.165) is 17.1 Å². The van der Waals surface area contributed by atoms with Crippen molar-refractivity contribution < 1.29 is 4.68 Å². The second-order valence-electron chi connectivity index (χ2n) is 5.92. The van der Waals surface area contributed by atoms with Crippen molar-refractivity contribution in [2.24, 2.45) is 7.05 Å². The summed E-state index contributed by atoms with van der Waals surface area (Å²) in [5.41, 5.74) is 4.27. The Bertz CT molecular complexity index is 1070. The third-order valence-corrected chi connectivity index (χ3v) is 4.07. The lowest BCUT2D eigenvalue weighted by atomic mass is 10.2. The minimum Gasteiger partial charge on any atom is -0.247 e. The van der Waals surface area contributed by atoms with Crippen LogP contribution in [0.25, 0.3) is 17.1 Å². The van der Waals surface area contributed by atoms with Crippen molar-refractivity contribution in [3.05, 3.63) is 78.1 Å². The molecule has 7 heteroatoms. The van der Waals surface area contributed by atoms with E-state index in [1.165, 1.54) is 5.56 Å².